The van der Waals surface area contributed by atoms with Gasteiger partial charge in [-0.15, -0.1) is 0 Å². The predicted octanol–water partition coefficient (Wildman–Crippen LogP) is -0.315. The Kier molecular flexibility index (Phi) is 3.43. The summed E-state index contributed by atoms with van der Waals surface area (Å²) in [5.41, 5.74) is 0. The van der Waals surface area contributed by atoms with E-state index in [2.05, 4.69) is 10.6 Å². The zero-order valence-electron chi connectivity index (χ0n) is 9.24. The zero-order chi connectivity index (χ0) is 11.5. The summed E-state index contributed by atoms with van der Waals surface area (Å²) in [4.78, 5) is 22.7. The van der Waals surface area contributed by atoms with Gasteiger partial charge in [0.15, 0.2) is 0 Å². The first kappa shape index (κ1) is 11.4. The molecule has 16 heavy (non-hydrogen) atoms. The van der Waals surface area contributed by atoms with Crippen molar-refractivity contribution >= 4 is 11.8 Å². The van der Waals surface area contributed by atoms with Crippen molar-refractivity contribution in [2.24, 2.45) is 0 Å². The minimum Gasteiger partial charge on any atom is -0.391 e. The maximum atomic E-state index is 11.8. The Morgan fingerprint density at radius 1 is 1.31 bits per heavy atom. The van der Waals surface area contributed by atoms with Gasteiger partial charge in [-0.25, -0.2) is 0 Å². The van der Waals surface area contributed by atoms with Gasteiger partial charge in [0.05, 0.1) is 12.1 Å². The molecule has 3 N–H and O–H groups in total. The van der Waals surface area contributed by atoms with Gasteiger partial charge in [-0.05, 0) is 19.3 Å². The summed E-state index contributed by atoms with van der Waals surface area (Å²) in [5, 5.41) is 15.2. The maximum Gasteiger partial charge on any atom is 0.242 e. The molecule has 0 bridgehead atoms. The number of carbonyl (C=O) groups excluding carboxylic acids is 2. The van der Waals surface area contributed by atoms with E-state index in [1.54, 1.807) is 0 Å². The van der Waals surface area contributed by atoms with Gasteiger partial charge in [-0.2, -0.15) is 0 Å². The Labute approximate surface area is 94.6 Å². The molecule has 5 nitrogen and oxygen atoms in total. The van der Waals surface area contributed by atoms with Crippen LogP contribution in [0.2, 0.25) is 0 Å². The molecule has 0 radical (unpaired) electrons. The number of nitrogens with one attached hydrogen (secondary N) is 2. The molecule has 1 heterocycles. The summed E-state index contributed by atoms with van der Waals surface area (Å²) in [6.45, 7) is 0. The van der Waals surface area contributed by atoms with E-state index >= 15 is 0 Å². The lowest BCUT2D eigenvalue weighted by Crippen LogP contribution is -2.50. The molecule has 1 unspecified atom stereocenters. The summed E-state index contributed by atoms with van der Waals surface area (Å²) in [6, 6.07) is -0.541. The highest BCUT2D eigenvalue weighted by atomic mass is 16.3. The van der Waals surface area contributed by atoms with Crippen LogP contribution in [0.15, 0.2) is 0 Å². The normalized spacial score (nSPS) is 34.6. The van der Waals surface area contributed by atoms with Crippen molar-refractivity contribution in [3.63, 3.8) is 0 Å². The number of aliphatic hydroxyl groups excluding tert-OH is 1. The van der Waals surface area contributed by atoms with Gasteiger partial charge in [-0.1, -0.05) is 12.8 Å². The van der Waals surface area contributed by atoms with E-state index < -0.39 is 12.1 Å². The van der Waals surface area contributed by atoms with E-state index in [1.807, 2.05) is 0 Å². The number of amides is 2. The number of hydrogen-bond acceptors (Lipinski definition) is 3. The Balaban J connectivity index is 1.84. The van der Waals surface area contributed by atoms with Crippen LogP contribution in [-0.2, 0) is 9.59 Å². The second-order valence-electron chi connectivity index (χ2n) is 4.63. The molecule has 2 rings (SSSR count). The molecule has 0 aromatic rings. The van der Waals surface area contributed by atoms with Crippen LogP contribution >= 0.6 is 0 Å². The second-order valence-corrected chi connectivity index (χ2v) is 4.63. The molecule has 2 aliphatic rings. The molecule has 2 amide bonds. The highest BCUT2D eigenvalue weighted by molar-refractivity contribution is 5.90. The van der Waals surface area contributed by atoms with Crippen LogP contribution in [0.5, 0.6) is 0 Å². The standard InChI is InChI=1S/C11H18N2O3/c14-9-4-2-1-3-7(9)13-11(16)8-5-6-10(15)12-8/h7-9,14H,1-6H2,(H,12,15)(H,13,16)/t7-,8?,9-/m0/s1. The molecule has 3 atom stereocenters. The van der Waals surface area contributed by atoms with Gasteiger partial charge < -0.3 is 15.7 Å². The van der Waals surface area contributed by atoms with Gasteiger partial charge in [0.2, 0.25) is 11.8 Å². The topological polar surface area (TPSA) is 78.4 Å². The molecular formula is C11H18N2O3. The third kappa shape index (κ3) is 2.52. The number of carbonyl (C=O) groups is 2. The Bertz CT molecular complexity index is 293. The highest BCUT2D eigenvalue weighted by Crippen LogP contribution is 2.18. The van der Waals surface area contributed by atoms with Crippen LogP contribution in [0.25, 0.3) is 0 Å². The van der Waals surface area contributed by atoms with E-state index in [1.165, 1.54) is 0 Å². The molecule has 1 saturated heterocycles. The van der Waals surface area contributed by atoms with Crippen LogP contribution in [0.3, 0.4) is 0 Å². The van der Waals surface area contributed by atoms with E-state index in [0.717, 1.165) is 25.7 Å². The quantitative estimate of drug-likeness (QED) is 0.604. The monoisotopic (exact) mass is 226 g/mol. The van der Waals surface area contributed by atoms with Gasteiger partial charge in [0, 0.05) is 6.42 Å². The van der Waals surface area contributed by atoms with E-state index in [4.69, 9.17) is 0 Å². The summed E-state index contributed by atoms with van der Waals surface area (Å²) < 4.78 is 0. The number of hydrogen-bond donors (Lipinski definition) is 3. The third-order valence-corrected chi connectivity index (χ3v) is 3.37. The van der Waals surface area contributed by atoms with Crippen molar-refractivity contribution in [1.29, 1.82) is 0 Å². The van der Waals surface area contributed by atoms with Crippen molar-refractivity contribution in [3.8, 4) is 0 Å². The lowest BCUT2D eigenvalue weighted by molar-refractivity contribution is -0.127. The second kappa shape index (κ2) is 4.82. The SMILES string of the molecule is O=C1CCC(C(=O)N[C@H]2CCCC[C@@H]2O)N1. The summed E-state index contributed by atoms with van der Waals surface area (Å²) in [6.07, 6.45) is 4.19. The van der Waals surface area contributed by atoms with E-state index in [9.17, 15) is 14.7 Å². The Morgan fingerprint density at radius 2 is 2.06 bits per heavy atom. The molecule has 1 aliphatic heterocycles. The van der Waals surface area contributed by atoms with Crippen LogP contribution in [-0.4, -0.2) is 35.1 Å². The molecule has 5 heteroatoms. The van der Waals surface area contributed by atoms with Crippen molar-refractivity contribution in [3.05, 3.63) is 0 Å². The average Bonchev–Trinajstić information content (AvgIpc) is 2.68. The first-order valence-corrected chi connectivity index (χ1v) is 5.94. The first-order valence-electron chi connectivity index (χ1n) is 5.94. The van der Waals surface area contributed by atoms with Crippen LogP contribution < -0.4 is 10.6 Å². The van der Waals surface area contributed by atoms with Crippen molar-refractivity contribution in [1.82, 2.24) is 10.6 Å². The Morgan fingerprint density at radius 3 is 2.69 bits per heavy atom. The van der Waals surface area contributed by atoms with E-state index in [-0.39, 0.29) is 17.9 Å². The summed E-state index contributed by atoms with van der Waals surface area (Å²) in [5.74, 6) is -0.221. The third-order valence-electron chi connectivity index (χ3n) is 3.37. The van der Waals surface area contributed by atoms with Crippen molar-refractivity contribution in [2.45, 2.75) is 56.7 Å². The van der Waals surface area contributed by atoms with E-state index in [0.29, 0.717) is 12.8 Å². The molecule has 90 valence electrons. The Hall–Kier alpha value is -1.10. The molecular weight excluding hydrogens is 208 g/mol. The maximum absolute atomic E-state index is 11.8. The predicted molar refractivity (Wildman–Crippen MR) is 57.6 cm³/mol. The molecule has 0 aromatic heterocycles. The molecule has 0 spiro atoms. The van der Waals surface area contributed by atoms with Crippen molar-refractivity contribution < 1.29 is 14.7 Å². The summed E-state index contributed by atoms with van der Waals surface area (Å²) in [7, 11) is 0. The minimum atomic E-state index is -0.435. The van der Waals surface area contributed by atoms with Gasteiger partial charge in [0.1, 0.15) is 6.04 Å². The number of rotatable bonds is 2. The smallest absolute Gasteiger partial charge is 0.242 e. The fourth-order valence-electron chi connectivity index (χ4n) is 2.37. The average molecular weight is 226 g/mol. The highest BCUT2D eigenvalue weighted by Gasteiger charge is 2.31. The summed E-state index contributed by atoms with van der Waals surface area (Å²) >= 11 is 0. The lowest BCUT2D eigenvalue weighted by atomic mass is 9.92. The van der Waals surface area contributed by atoms with Crippen LogP contribution in [0, 0.1) is 0 Å². The fourth-order valence-corrected chi connectivity index (χ4v) is 2.37. The fraction of sp³-hybridized carbons (Fsp3) is 0.818. The zero-order valence-corrected chi connectivity index (χ0v) is 9.24. The van der Waals surface area contributed by atoms with Crippen LogP contribution in [0.4, 0.5) is 0 Å². The molecule has 1 aliphatic carbocycles. The van der Waals surface area contributed by atoms with Gasteiger partial charge >= 0.3 is 0 Å². The lowest BCUT2D eigenvalue weighted by Gasteiger charge is -2.29. The van der Waals surface area contributed by atoms with Gasteiger partial charge in [0.25, 0.3) is 0 Å². The first-order chi connectivity index (χ1) is 7.66. The molecule has 1 saturated carbocycles. The molecule has 2 fully saturated rings. The van der Waals surface area contributed by atoms with Crippen LogP contribution in [0.1, 0.15) is 38.5 Å². The number of aliphatic hydroxyl groups is 1. The largest absolute Gasteiger partial charge is 0.391 e. The van der Waals surface area contributed by atoms with Crippen molar-refractivity contribution in [2.75, 3.05) is 0 Å². The minimum absolute atomic E-state index is 0.0654. The van der Waals surface area contributed by atoms with Gasteiger partial charge in [-0.3, -0.25) is 9.59 Å². The molecule has 0 aromatic carbocycles.